The average Bonchev–Trinajstić information content (AvgIpc) is 2.47. The van der Waals surface area contributed by atoms with Crippen LogP contribution in [0.5, 0.6) is 5.75 Å². The number of methoxy groups -OCH3 is 1. The van der Waals surface area contributed by atoms with Crippen molar-refractivity contribution in [2.24, 2.45) is 5.92 Å². The first-order chi connectivity index (χ1) is 10.5. The zero-order chi connectivity index (χ0) is 16.0. The van der Waals surface area contributed by atoms with Gasteiger partial charge in [-0.1, -0.05) is 44.3 Å². The first-order valence-corrected chi connectivity index (χ1v) is 9.69. The highest BCUT2D eigenvalue weighted by molar-refractivity contribution is 7.92. The summed E-state index contributed by atoms with van der Waals surface area (Å²) in [6.07, 6.45) is 13.1. The van der Waals surface area contributed by atoms with Crippen LogP contribution in [0.2, 0.25) is 0 Å². The number of hydrogen-bond donors (Lipinski definition) is 1. The van der Waals surface area contributed by atoms with Gasteiger partial charge < -0.3 is 4.74 Å². The molecule has 1 aromatic carbocycles. The van der Waals surface area contributed by atoms with Crippen LogP contribution in [0, 0.1) is 5.92 Å². The van der Waals surface area contributed by atoms with Crippen LogP contribution in [-0.2, 0) is 10.0 Å². The van der Waals surface area contributed by atoms with Crippen molar-refractivity contribution in [2.75, 3.05) is 18.1 Å². The number of nitrogens with one attached hydrogen (secondary N) is 1. The summed E-state index contributed by atoms with van der Waals surface area (Å²) < 4.78 is 30.5. The molecule has 0 aromatic heterocycles. The Morgan fingerprint density at radius 3 is 2.64 bits per heavy atom. The molecule has 4 nitrogen and oxygen atoms in total. The minimum Gasteiger partial charge on any atom is -0.496 e. The fraction of sp³-hybridized carbons (Fsp3) is 0.529. The number of ether oxygens (including phenoxy) is 1. The van der Waals surface area contributed by atoms with Gasteiger partial charge in [-0.2, -0.15) is 0 Å². The van der Waals surface area contributed by atoms with E-state index in [1.54, 1.807) is 25.3 Å². The molecule has 1 fully saturated rings. The smallest absolute Gasteiger partial charge is 0.229 e. The highest BCUT2D eigenvalue weighted by Crippen LogP contribution is 2.28. The summed E-state index contributed by atoms with van der Waals surface area (Å²) in [6.45, 7) is 0. The monoisotopic (exact) mass is 323 g/mol. The molecule has 0 amide bonds. The maximum absolute atomic E-state index is 11.3. The van der Waals surface area contributed by atoms with Crippen LogP contribution in [-0.4, -0.2) is 21.8 Å². The van der Waals surface area contributed by atoms with E-state index in [1.165, 1.54) is 32.1 Å². The van der Waals surface area contributed by atoms with Crippen molar-refractivity contribution in [3.8, 4) is 5.75 Å². The number of benzene rings is 1. The molecule has 1 aliphatic rings. The predicted molar refractivity (Wildman–Crippen MR) is 91.7 cm³/mol. The van der Waals surface area contributed by atoms with E-state index in [-0.39, 0.29) is 0 Å². The summed E-state index contributed by atoms with van der Waals surface area (Å²) in [5.74, 6) is 1.53. The summed E-state index contributed by atoms with van der Waals surface area (Å²) in [6, 6.07) is 5.30. The summed E-state index contributed by atoms with van der Waals surface area (Å²) in [7, 11) is -1.64. The second kappa shape index (κ2) is 7.68. The van der Waals surface area contributed by atoms with Crippen molar-refractivity contribution in [3.63, 3.8) is 0 Å². The van der Waals surface area contributed by atoms with Gasteiger partial charge in [-0.25, -0.2) is 8.42 Å². The first kappa shape index (κ1) is 16.9. The Balaban J connectivity index is 2.08. The fourth-order valence-corrected chi connectivity index (χ4v) is 3.51. The third kappa shape index (κ3) is 5.37. The maximum Gasteiger partial charge on any atom is 0.229 e. The van der Waals surface area contributed by atoms with Gasteiger partial charge in [0, 0.05) is 11.3 Å². The van der Waals surface area contributed by atoms with Crippen LogP contribution in [0.25, 0.3) is 6.08 Å². The Morgan fingerprint density at radius 2 is 2.00 bits per heavy atom. The van der Waals surface area contributed by atoms with Crippen LogP contribution in [0.3, 0.4) is 0 Å². The quantitative estimate of drug-likeness (QED) is 0.859. The fourth-order valence-electron chi connectivity index (χ4n) is 2.95. The largest absolute Gasteiger partial charge is 0.496 e. The molecule has 1 aliphatic carbocycles. The van der Waals surface area contributed by atoms with Gasteiger partial charge in [0.05, 0.1) is 13.4 Å². The minimum atomic E-state index is -3.27. The van der Waals surface area contributed by atoms with Crippen LogP contribution in [0.4, 0.5) is 5.69 Å². The van der Waals surface area contributed by atoms with Gasteiger partial charge in [0.25, 0.3) is 0 Å². The molecule has 0 saturated heterocycles. The van der Waals surface area contributed by atoms with E-state index in [0.29, 0.717) is 5.69 Å². The van der Waals surface area contributed by atoms with Crippen molar-refractivity contribution < 1.29 is 13.2 Å². The van der Waals surface area contributed by atoms with E-state index in [2.05, 4.69) is 10.8 Å². The lowest BCUT2D eigenvalue weighted by Crippen LogP contribution is -2.09. The second-order valence-electron chi connectivity index (χ2n) is 5.97. The SMILES string of the molecule is COc1ccc(NS(C)(=O)=O)cc1C=CCC1CCCCC1. The van der Waals surface area contributed by atoms with Crippen molar-refractivity contribution >= 4 is 21.8 Å². The van der Waals surface area contributed by atoms with Gasteiger partial charge in [0.1, 0.15) is 5.75 Å². The molecule has 0 radical (unpaired) electrons. The molecular formula is C17H25NO3S. The minimum absolute atomic E-state index is 0.556. The molecule has 0 unspecified atom stereocenters. The Bertz CT molecular complexity index is 617. The molecule has 5 heteroatoms. The van der Waals surface area contributed by atoms with E-state index >= 15 is 0 Å². The highest BCUT2D eigenvalue weighted by atomic mass is 32.2. The molecule has 0 spiro atoms. The van der Waals surface area contributed by atoms with E-state index in [9.17, 15) is 8.42 Å². The number of rotatable bonds is 6. The Morgan fingerprint density at radius 1 is 1.27 bits per heavy atom. The molecule has 22 heavy (non-hydrogen) atoms. The molecule has 0 heterocycles. The highest BCUT2D eigenvalue weighted by Gasteiger charge is 2.11. The van der Waals surface area contributed by atoms with Gasteiger partial charge in [-0.3, -0.25) is 4.72 Å². The van der Waals surface area contributed by atoms with Crippen LogP contribution >= 0.6 is 0 Å². The van der Waals surface area contributed by atoms with Crippen molar-refractivity contribution in [1.29, 1.82) is 0 Å². The van der Waals surface area contributed by atoms with E-state index in [0.717, 1.165) is 29.9 Å². The van der Waals surface area contributed by atoms with E-state index < -0.39 is 10.0 Å². The molecule has 2 rings (SSSR count). The standard InChI is InChI=1S/C17H25NO3S/c1-21-17-12-11-16(18-22(2,19)20)13-15(17)10-6-9-14-7-4-3-5-8-14/h6,10-14,18H,3-5,7-9H2,1-2H3. The molecule has 0 bridgehead atoms. The zero-order valence-electron chi connectivity index (χ0n) is 13.3. The van der Waals surface area contributed by atoms with Crippen LogP contribution < -0.4 is 9.46 Å². The molecule has 122 valence electrons. The summed E-state index contributed by atoms with van der Waals surface area (Å²) in [4.78, 5) is 0. The molecule has 1 aromatic rings. The lowest BCUT2D eigenvalue weighted by molar-refractivity contribution is 0.362. The third-order valence-corrected chi connectivity index (χ3v) is 4.63. The Kier molecular flexibility index (Phi) is 5.89. The van der Waals surface area contributed by atoms with Gasteiger partial charge in [-0.05, 0) is 30.5 Å². The number of anilines is 1. The third-order valence-electron chi connectivity index (χ3n) is 4.02. The maximum atomic E-state index is 11.3. The van der Waals surface area contributed by atoms with Gasteiger partial charge in [0.2, 0.25) is 10.0 Å². The normalized spacial score (nSPS) is 16.8. The summed E-state index contributed by atoms with van der Waals surface area (Å²) in [5, 5.41) is 0. The zero-order valence-corrected chi connectivity index (χ0v) is 14.2. The van der Waals surface area contributed by atoms with Crippen molar-refractivity contribution in [3.05, 3.63) is 29.8 Å². The lowest BCUT2D eigenvalue weighted by atomic mass is 9.87. The number of sulfonamides is 1. The van der Waals surface area contributed by atoms with E-state index in [1.807, 2.05) is 6.08 Å². The predicted octanol–water partition coefficient (Wildman–Crippen LogP) is 4.05. The van der Waals surface area contributed by atoms with Gasteiger partial charge in [0.15, 0.2) is 0 Å². The number of allylic oxidation sites excluding steroid dienone is 1. The van der Waals surface area contributed by atoms with Gasteiger partial charge in [-0.15, -0.1) is 0 Å². The number of hydrogen-bond acceptors (Lipinski definition) is 3. The van der Waals surface area contributed by atoms with Crippen LogP contribution in [0.1, 0.15) is 44.1 Å². The topological polar surface area (TPSA) is 55.4 Å². The molecule has 0 atom stereocenters. The van der Waals surface area contributed by atoms with Crippen LogP contribution in [0.15, 0.2) is 24.3 Å². The molecule has 1 saturated carbocycles. The van der Waals surface area contributed by atoms with Crippen molar-refractivity contribution in [2.45, 2.75) is 38.5 Å². The van der Waals surface area contributed by atoms with E-state index in [4.69, 9.17) is 4.74 Å². The lowest BCUT2D eigenvalue weighted by Gasteiger charge is -2.19. The van der Waals surface area contributed by atoms with Crippen molar-refractivity contribution in [1.82, 2.24) is 0 Å². The summed E-state index contributed by atoms with van der Waals surface area (Å²) in [5.41, 5.74) is 1.45. The molecule has 0 aliphatic heterocycles. The Labute approximate surface area is 133 Å². The first-order valence-electron chi connectivity index (χ1n) is 7.80. The molecular weight excluding hydrogens is 298 g/mol. The molecule has 1 N–H and O–H groups in total. The average molecular weight is 323 g/mol. The Hall–Kier alpha value is -1.49. The van der Waals surface area contributed by atoms with Gasteiger partial charge >= 0.3 is 0 Å². The second-order valence-corrected chi connectivity index (χ2v) is 7.72. The summed E-state index contributed by atoms with van der Waals surface area (Å²) >= 11 is 0.